The van der Waals surface area contributed by atoms with E-state index in [0.29, 0.717) is 26.3 Å². The van der Waals surface area contributed by atoms with Gasteiger partial charge in [-0.1, -0.05) is 0 Å². The van der Waals surface area contributed by atoms with Gasteiger partial charge in [0.05, 0.1) is 19.3 Å². The van der Waals surface area contributed by atoms with Gasteiger partial charge in [-0.2, -0.15) is 17.0 Å². The average Bonchev–Trinajstić information content (AvgIpc) is 3.07. The predicted molar refractivity (Wildman–Crippen MR) is 78.0 cm³/mol. The Labute approximate surface area is 125 Å². The SMILES string of the molecule is Cc1ccc([C@@H]2CCCN2S(=O)(=O)N2CCOC[C@@H]2C)o1. The second-order valence-corrected chi connectivity index (χ2v) is 7.59. The molecule has 0 bridgehead atoms. The third-order valence-corrected chi connectivity index (χ3v) is 6.36. The summed E-state index contributed by atoms with van der Waals surface area (Å²) in [5, 5.41) is 0. The molecule has 0 aromatic carbocycles. The fourth-order valence-corrected chi connectivity index (χ4v) is 5.10. The highest BCUT2D eigenvalue weighted by Crippen LogP contribution is 2.36. The zero-order valence-corrected chi connectivity index (χ0v) is 13.3. The highest BCUT2D eigenvalue weighted by molar-refractivity contribution is 7.86. The lowest BCUT2D eigenvalue weighted by molar-refractivity contribution is 0.0359. The Morgan fingerprint density at radius 2 is 2.05 bits per heavy atom. The second kappa shape index (κ2) is 5.72. The molecule has 0 spiro atoms. The largest absolute Gasteiger partial charge is 0.465 e. The van der Waals surface area contributed by atoms with Crippen LogP contribution in [0.4, 0.5) is 0 Å². The maximum absolute atomic E-state index is 12.9. The molecule has 6 nitrogen and oxygen atoms in total. The summed E-state index contributed by atoms with van der Waals surface area (Å²) in [5.74, 6) is 1.56. The zero-order chi connectivity index (χ0) is 15.0. The van der Waals surface area contributed by atoms with Crippen molar-refractivity contribution in [1.82, 2.24) is 8.61 Å². The van der Waals surface area contributed by atoms with Crippen molar-refractivity contribution in [1.29, 1.82) is 0 Å². The average molecular weight is 314 g/mol. The molecular formula is C14H22N2O4S. The minimum Gasteiger partial charge on any atom is -0.465 e. The van der Waals surface area contributed by atoms with E-state index in [0.717, 1.165) is 24.4 Å². The molecule has 2 fully saturated rings. The van der Waals surface area contributed by atoms with Gasteiger partial charge in [-0.3, -0.25) is 0 Å². The number of furan rings is 1. The fraction of sp³-hybridized carbons (Fsp3) is 0.714. The van der Waals surface area contributed by atoms with Gasteiger partial charge in [-0.15, -0.1) is 0 Å². The number of hydrogen-bond acceptors (Lipinski definition) is 4. The van der Waals surface area contributed by atoms with Crippen LogP contribution in [0.5, 0.6) is 0 Å². The number of morpholine rings is 1. The summed E-state index contributed by atoms with van der Waals surface area (Å²) in [4.78, 5) is 0. The van der Waals surface area contributed by atoms with Crippen molar-refractivity contribution in [3.05, 3.63) is 23.7 Å². The molecule has 0 saturated carbocycles. The molecule has 0 amide bonds. The van der Waals surface area contributed by atoms with Crippen LogP contribution in [0, 0.1) is 6.92 Å². The molecule has 0 radical (unpaired) electrons. The first kappa shape index (κ1) is 15.0. The minimum atomic E-state index is -3.47. The molecular weight excluding hydrogens is 292 g/mol. The number of nitrogens with zero attached hydrogens (tertiary/aromatic N) is 2. The highest BCUT2D eigenvalue weighted by atomic mass is 32.2. The fourth-order valence-electron chi connectivity index (χ4n) is 3.12. The molecule has 0 N–H and O–H groups in total. The third-order valence-electron chi connectivity index (χ3n) is 4.19. The molecule has 1 aromatic rings. The molecule has 1 aromatic heterocycles. The predicted octanol–water partition coefficient (Wildman–Crippen LogP) is 1.69. The summed E-state index contributed by atoms with van der Waals surface area (Å²) >= 11 is 0. The van der Waals surface area contributed by atoms with E-state index in [9.17, 15) is 8.42 Å². The van der Waals surface area contributed by atoms with Crippen LogP contribution in [-0.2, 0) is 14.9 Å². The van der Waals surface area contributed by atoms with Crippen LogP contribution in [0.1, 0.15) is 37.3 Å². The first-order valence-electron chi connectivity index (χ1n) is 7.43. The van der Waals surface area contributed by atoms with Gasteiger partial charge in [0.2, 0.25) is 0 Å². The van der Waals surface area contributed by atoms with E-state index in [-0.39, 0.29) is 12.1 Å². The van der Waals surface area contributed by atoms with Gasteiger partial charge in [0.15, 0.2) is 0 Å². The van der Waals surface area contributed by atoms with Crippen LogP contribution in [0.25, 0.3) is 0 Å². The summed E-state index contributed by atoms with van der Waals surface area (Å²) in [7, 11) is -3.47. The summed E-state index contributed by atoms with van der Waals surface area (Å²) in [6.07, 6.45) is 1.67. The third kappa shape index (κ3) is 2.75. The van der Waals surface area contributed by atoms with E-state index < -0.39 is 10.2 Å². The van der Waals surface area contributed by atoms with Crippen molar-refractivity contribution in [3.8, 4) is 0 Å². The van der Waals surface area contributed by atoms with Crippen molar-refractivity contribution in [2.24, 2.45) is 0 Å². The van der Waals surface area contributed by atoms with Crippen LogP contribution in [0.2, 0.25) is 0 Å². The zero-order valence-electron chi connectivity index (χ0n) is 12.5. The van der Waals surface area contributed by atoms with Gasteiger partial charge in [-0.25, -0.2) is 0 Å². The van der Waals surface area contributed by atoms with Crippen molar-refractivity contribution >= 4 is 10.2 Å². The quantitative estimate of drug-likeness (QED) is 0.852. The molecule has 118 valence electrons. The van der Waals surface area contributed by atoms with E-state index >= 15 is 0 Å². The van der Waals surface area contributed by atoms with Gasteiger partial charge < -0.3 is 9.15 Å². The van der Waals surface area contributed by atoms with Crippen molar-refractivity contribution in [3.63, 3.8) is 0 Å². The first-order chi connectivity index (χ1) is 10.00. The Balaban J connectivity index is 1.86. The Hall–Kier alpha value is -0.890. The highest BCUT2D eigenvalue weighted by Gasteiger charge is 2.42. The maximum atomic E-state index is 12.9. The lowest BCUT2D eigenvalue weighted by Gasteiger charge is -2.36. The molecule has 0 unspecified atom stereocenters. The van der Waals surface area contributed by atoms with Gasteiger partial charge in [0.1, 0.15) is 11.5 Å². The van der Waals surface area contributed by atoms with E-state index in [4.69, 9.17) is 9.15 Å². The number of ether oxygens (including phenoxy) is 1. The normalized spacial score (nSPS) is 29.0. The van der Waals surface area contributed by atoms with Gasteiger partial charge in [-0.05, 0) is 38.8 Å². The van der Waals surface area contributed by atoms with Crippen molar-refractivity contribution in [2.75, 3.05) is 26.3 Å². The molecule has 2 saturated heterocycles. The topological polar surface area (TPSA) is 63.0 Å². The first-order valence-corrected chi connectivity index (χ1v) is 8.82. The van der Waals surface area contributed by atoms with Crippen molar-refractivity contribution in [2.45, 2.75) is 38.8 Å². The lowest BCUT2D eigenvalue weighted by atomic mass is 10.2. The second-order valence-electron chi connectivity index (χ2n) is 5.76. The van der Waals surface area contributed by atoms with E-state index in [2.05, 4.69) is 0 Å². The molecule has 21 heavy (non-hydrogen) atoms. The molecule has 7 heteroatoms. The Morgan fingerprint density at radius 1 is 1.24 bits per heavy atom. The standard InChI is InChI=1S/C14H22N2O4S/c1-11-10-19-9-8-15(11)21(17,18)16-7-3-4-13(16)14-6-5-12(2)20-14/h5-6,11,13H,3-4,7-10H2,1-2H3/t11-,13-/m0/s1. The number of aryl methyl sites for hydroxylation is 1. The number of hydrogen-bond donors (Lipinski definition) is 0. The monoisotopic (exact) mass is 314 g/mol. The molecule has 3 rings (SSSR count). The lowest BCUT2D eigenvalue weighted by Crippen LogP contribution is -2.52. The van der Waals surface area contributed by atoms with Crippen LogP contribution in [0.15, 0.2) is 16.5 Å². The molecule has 2 aliphatic rings. The molecule has 2 aliphatic heterocycles. The molecule has 2 atom stereocenters. The Kier molecular flexibility index (Phi) is 4.09. The summed E-state index contributed by atoms with van der Waals surface area (Å²) in [6, 6.07) is 3.47. The summed E-state index contributed by atoms with van der Waals surface area (Å²) < 4.78 is 40.0. The smallest absolute Gasteiger partial charge is 0.283 e. The maximum Gasteiger partial charge on any atom is 0.283 e. The molecule has 3 heterocycles. The minimum absolute atomic E-state index is 0.122. The van der Waals surface area contributed by atoms with Crippen LogP contribution in [-0.4, -0.2) is 49.4 Å². The Morgan fingerprint density at radius 3 is 2.71 bits per heavy atom. The van der Waals surface area contributed by atoms with Gasteiger partial charge in [0.25, 0.3) is 10.2 Å². The summed E-state index contributed by atoms with van der Waals surface area (Å²) in [5.41, 5.74) is 0. The van der Waals surface area contributed by atoms with E-state index in [1.807, 2.05) is 26.0 Å². The van der Waals surface area contributed by atoms with Crippen LogP contribution < -0.4 is 0 Å². The Bertz CT molecular complexity index is 598. The van der Waals surface area contributed by atoms with Gasteiger partial charge in [0, 0.05) is 19.1 Å². The summed E-state index contributed by atoms with van der Waals surface area (Å²) in [6.45, 7) is 5.65. The van der Waals surface area contributed by atoms with E-state index in [1.54, 1.807) is 8.61 Å². The van der Waals surface area contributed by atoms with Crippen LogP contribution in [0.3, 0.4) is 0 Å². The molecule has 0 aliphatic carbocycles. The number of rotatable bonds is 3. The van der Waals surface area contributed by atoms with Crippen LogP contribution >= 0.6 is 0 Å². The van der Waals surface area contributed by atoms with E-state index in [1.165, 1.54) is 0 Å². The van der Waals surface area contributed by atoms with Crippen molar-refractivity contribution < 1.29 is 17.6 Å². The van der Waals surface area contributed by atoms with Gasteiger partial charge >= 0.3 is 0 Å².